The fourth-order valence-corrected chi connectivity index (χ4v) is 1.74. The monoisotopic (exact) mass is 187 g/mol. The van der Waals surface area contributed by atoms with E-state index in [0.29, 0.717) is 5.56 Å². The summed E-state index contributed by atoms with van der Waals surface area (Å²) in [7, 11) is 0. The van der Waals surface area contributed by atoms with Crippen LogP contribution in [0.2, 0.25) is 0 Å². The second-order valence-corrected chi connectivity index (χ2v) is 3.57. The molecule has 0 aromatic carbocycles. The van der Waals surface area contributed by atoms with Gasteiger partial charge in [-0.2, -0.15) is 0 Å². The smallest absolute Gasteiger partial charge is 0.151 e. The van der Waals surface area contributed by atoms with Crippen molar-refractivity contribution in [3.63, 3.8) is 0 Å². The van der Waals surface area contributed by atoms with E-state index < -0.39 is 0 Å². The first-order valence-electron chi connectivity index (χ1n) is 5.01. The highest BCUT2D eigenvalue weighted by molar-refractivity contribution is 5.75. The largest absolute Gasteiger partial charge is 0.298 e. The van der Waals surface area contributed by atoms with E-state index in [1.165, 1.54) is 18.4 Å². The first kappa shape index (κ1) is 9.13. The van der Waals surface area contributed by atoms with Gasteiger partial charge < -0.3 is 0 Å². The maximum absolute atomic E-state index is 10.4. The molecule has 2 nitrogen and oxygen atoms in total. The Kier molecular flexibility index (Phi) is 2.73. The molecule has 0 aliphatic heterocycles. The molecular weight excluding hydrogens is 174 g/mol. The van der Waals surface area contributed by atoms with Crippen molar-refractivity contribution in [1.82, 2.24) is 4.98 Å². The Labute approximate surface area is 83.7 Å². The summed E-state index contributed by atoms with van der Waals surface area (Å²) in [6.45, 7) is 0. The maximum atomic E-state index is 10.4. The molecule has 0 bridgehead atoms. The van der Waals surface area contributed by atoms with E-state index >= 15 is 0 Å². The number of carbonyl (C=O) groups excluding carboxylic acids is 1. The van der Waals surface area contributed by atoms with Crippen LogP contribution < -0.4 is 0 Å². The normalized spacial score (nSPS) is 16.1. The van der Waals surface area contributed by atoms with Crippen molar-refractivity contribution in [2.75, 3.05) is 0 Å². The van der Waals surface area contributed by atoms with Crippen LogP contribution >= 0.6 is 0 Å². The molecule has 1 aromatic heterocycles. The molecule has 14 heavy (non-hydrogen) atoms. The van der Waals surface area contributed by atoms with E-state index in [-0.39, 0.29) is 0 Å². The predicted molar refractivity (Wildman–Crippen MR) is 56.1 cm³/mol. The van der Waals surface area contributed by atoms with Crippen LogP contribution in [0.1, 0.15) is 41.7 Å². The Balaban J connectivity index is 2.23. The van der Waals surface area contributed by atoms with Crippen molar-refractivity contribution in [2.24, 2.45) is 0 Å². The number of rotatable bonds is 2. The van der Waals surface area contributed by atoms with Gasteiger partial charge in [0.25, 0.3) is 0 Å². The quantitative estimate of drug-likeness (QED) is 0.666. The number of allylic oxidation sites excluding steroid dienone is 2. The molecule has 72 valence electrons. The van der Waals surface area contributed by atoms with Gasteiger partial charge in [-0.15, -0.1) is 0 Å². The lowest BCUT2D eigenvalue weighted by molar-refractivity contribution is 0.112. The molecule has 2 heteroatoms. The number of hydrogen-bond acceptors (Lipinski definition) is 2. The van der Waals surface area contributed by atoms with Crippen LogP contribution in [-0.2, 0) is 0 Å². The summed E-state index contributed by atoms with van der Waals surface area (Å²) in [5.41, 5.74) is 2.99. The number of pyridine rings is 1. The van der Waals surface area contributed by atoms with Gasteiger partial charge in [0.1, 0.15) is 0 Å². The highest BCUT2D eigenvalue weighted by atomic mass is 16.1. The minimum atomic E-state index is 0.644. The van der Waals surface area contributed by atoms with Crippen LogP contribution in [0.25, 0.3) is 5.57 Å². The standard InChI is InChI=1S/C12H13NO/c14-9-10-6-7-12(13-8-10)11-4-2-1-3-5-11/h4,6-9H,1-3,5H2. The molecule has 1 heterocycles. The third kappa shape index (κ3) is 1.90. The van der Waals surface area contributed by atoms with Crippen molar-refractivity contribution in [3.8, 4) is 0 Å². The zero-order valence-corrected chi connectivity index (χ0v) is 8.07. The Morgan fingerprint density at radius 2 is 2.21 bits per heavy atom. The number of aromatic nitrogens is 1. The summed E-state index contributed by atoms with van der Waals surface area (Å²) in [6.07, 6.45) is 9.54. The summed E-state index contributed by atoms with van der Waals surface area (Å²) in [5, 5.41) is 0. The number of hydrogen-bond donors (Lipinski definition) is 0. The molecule has 1 aromatic rings. The lowest BCUT2D eigenvalue weighted by Crippen LogP contribution is -1.95. The van der Waals surface area contributed by atoms with Gasteiger partial charge in [-0.25, -0.2) is 0 Å². The first-order chi connectivity index (χ1) is 6.90. The minimum Gasteiger partial charge on any atom is -0.298 e. The van der Waals surface area contributed by atoms with Gasteiger partial charge >= 0.3 is 0 Å². The molecule has 0 N–H and O–H groups in total. The molecule has 0 saturated heterocycles. The van der Waals surface area contributed by atoms with E-state index in [2.05, 4.69) is 11.1 Å². The second-order valence-electron chi connectivity index (χ2n) is 3.57. The molecule has 0 unspecified atom stereocenters. The molecule has 0 saturated carbocycles. The van der Waals surface area contributed by atoms with E-state index in [0.717, 1.165) is 24.8 Å². The molecule has 1 aliphatic carbocycles. The van der Waals surface area contributed by atoms with Crippen LogP contribution in [0.4, 0.5) is 0 Å². The van der Waals surface area contributed by atoms with E-state index in [9.17, 15) is 4.79 Å². The van der Waals surface area contributed by atoms with Gasteiger partial charge in [-0.05, 0) is 43.4 Å². The fraction of sp³-hybridized carbons (Fsp3) is 0.333. The van der Waals surface area contributed by atoms with Gasteiger partial charge in [-0.1, -0.05) is 6.08 Å². The van der Waals surface area contributed by atoms with Crippen LogP contribution in [0.5, 0.6) is 0 Å². The Bertz CT molecular complexity index is 351. The van der Waals surface area contributed by atoms with Crippen molar-refractivity contribution < 1.29 is 4.79 Å². The summed E-state index contributed by atoms with van der Waals surface area (Å²) < 4.78 is 0. The average Bonchev–Trinajstić information content (AvgIpc) is 2.30. The van der Waals surface area contributed by atoms with Gasteiger partial charge in [0, 0.05) is 11.8 Å². The van der Waals surface area contributed by atoms with E-state index in [1.807, 2.05) is 12.1 Å². The zero-order chi connectivity index (χ0) is 9.80. The number of nitrogens with zero attached hydrogens (tertiary/aromatic N) is 1. The number of carbonyl (C=O) groups is 1. The maximum Gasteiger partial charge on any atom is 0.151 e. The lowest BCUT2D eigenvalue weighted by atomic mass is 9.97. The second kappa shape index (κ2) is 4.18. The van der Waals surface area contributed by atoms with E-state index in [4.69, 9.17) is 0 Å². The van der Waals surface area contributed by atoms with Gasteiger partial charge in [0.05, 0.1) is 5.69 Å². The van der Waals surface area contributed by atoms with Crippen molar-refractivity contribution in [1.29, 1.82) is 0 Å². The third-order valence-corrected chi connectivity index (χ3v) is 2.54. The van der Waals surface area contributed by atoms with E-state index in [1.54, 1.807) is 6.20 Å². The lowest BCUT2D eigenvalue weighted by Gasteiger charge is -2.11. The molecule has 0 fully saturated rings. The Morgan fingerprint density at radius 3 is 2.79 bits per heavy atom. The topological polar surface area (TPSA) is 30.0 Å². The van der Waals surface area contributed by atoms with Gasteiger partial charge in [-0.3, -0.25) is 9.78 Å². The van der Waals surface area contributed by atoms with Crippen LogP contribution in [0.15, 0.2) is 24.4 Å². The van der Waals surface area contributed by atoms with Gasteiger partial charge in [0.2, 0.25) is 0 Å². The summed E-state index contributed by atoms with van der Waals surface area (Å²) >= 11 is 0. The van der Waals surface area contributed by atoms with Crippen molar-refractivity contribution >= 4 is 11.9 Å². The molecule has 0 spiro atoms. The molecular formula is C12H13NO. The Morgan fingerprint density at radius 1 is 1.29 bits per heavy atom. The average molecular weight is 187 g/mol. The SMILES string of the molecule is O=Cc1ccc(C2=CCCCC2)nc1. The van der Waals surface area contributed by atoms with Gasteiger partial charge in [0.15, 0.2) is 6.29 Å². The summed E-state index contributed by atoms with van der Waals surface area (Å²) in [5.74, 6) is 0. The molecule has 1 aliphatic rings. The Hall–Kier alpha value is -1.44. The predicted octanol–water partition coefficient (Wildman–Crippen LogP) is 2.85. The summed E-state index contributed by atoms with van der Waals surface area (Å²) in [4.78, 5) is 14.7. The highest BCUT2D eigenvalue weighted by Gasteiger charge is 2.06. The summed E-state index contributed by atoms with van der Waals surface area (Å²) in [6, 6.07) is 3.76. The zero-order valence-electron chi connectivity index (χ0n) is 8.07. The fourth-order valence-electron chi connectivity index (χ4n) is 1.74. The van der Waals surface area contributed by atoms with Crippen LogP contribution in [0, 0.1) is 0 Å². The highest BCUT2D eigenvalue weighted by Crippen LogP contribution is 2.24. The van der Waals surface area contributed by atoms with Crippen LogP contribution in [0.3, 0.4) is 0 Å². The number of aldehydes is 1. The van der Waals surface area contributed by atoms with Crippen LogP contribution in [-0.4, -0.2) is 11.3 Å². The minimum absolute atomic E-state index is 0.644. The molecule has 2 rings (SSSR count). The van der Waals surface area contributed by atoms with Crippen molar-refractivity contribution in [2.45, 2.75) is 25.7 Å². The first-order valence-corrected chi connectivity index (χ1v) is 5.01. The molecule has 0 atom stereocenters. The third-order valence-electron chi connectivity index (χ3n) is 2.54. The molecule has 0 radical (unpaired) electrons. The molecule has 0 amide bonds. The van der Waals surface area contributed by atoms with Crippen molar-refractivity contribution in [3.05, 3.63) is 35.7 Å².